The van der Waals surface area contributed by atoms with E-state index in [1.54, 1.807) is 12.1 Å². The molecule has 0 radical (unpaired) electrons. The van der Waals surface area contributed by atoms with Crippen molar-refractivity contribution in [1.82, 2.24) is 10.3 Å². The number of oxazole rings is 1. The second-order valence-corrected chi connectivity index (χ2v) is 7.10. The first-order valence-corrected chi connectivity index (χ1v) is 9.22. The van der Waals surface area contributed by atoms with Crippen LogP contribution in [-0.2, 0) is 16.6 Å². The highest BCUT2D eigenvalue weighted by Gasteiger charge is 2.14. The predicted molar refractivity (Wildman–Crippen MR) is 91.7 cm³/mol. The summed E-state index contributed by atoms with van der Waals surface area (Å²) in [5.74, 6) is 0.595. The smallest absolute Gasteiger partial charge is 0.238 e. The van der Waals surface area contributed by atoms with Crippen LogP contribution in [0.1, 0.15) is 30.8 Å². The summed E-state index contributed by atoms with van der Waals surface area (Å²) in [5, 5.41) is 8.55. The van der Waals surface area contributed by atoms with E-state index in [1.807, 2.05) is 37.3 Å². The highest BCUT2D eigenvalue weighted by Crippen LogP contribution is 2.21. The summed E-state index contributed by atoms with van der Waals surface area (Å²) in [6, 6.07) is 14.2. The van der Waals surface area contributed by atoms with Crippen LogP contribution in [0.25, 0.3) is 11.1 Å². The largest absolute Gasteiger partial charge is 0.439 e. The molecule has 3 rings (SSSR count). The number of hydrogen-bond acceptors (Lipinski definition) is 5. The molecule has 1 atom stereocenters. The molecule has 0 unspecified atom stereocenters. The van der Waals surface area contributed by atoms with Gasteiger partial charge in [0.05, 0.1) is 11.4 Å². The molecular formula is C17H19N3O3S. The van der Waals surface area contributed by atoms with Crippen LogP contribution >= 0.6 is 0 Å². The zero-order chi connectivity index (χ0) is 17.2. The molecule has 0 saturated carbocycles. The monoisotopic (exact) mass is 345 g/mol. The molecule has 0 spiro atoms. The lowest BCUT2D eigenvalue weighted by atomic mass is 10.0. The van der Waals surface area contributed by atoms with Gasteiger partial charge in [-0.2, -0.15) is 0 Å². The third-order valence-electron chi connectivity index (χ3n) is 3.84. The van der Waals surface area contributed by atoms with Crippen molar-refractivity contribution < 1.29 is 12.8 Å². The van der Waals surface area contributed by atoms with E-state index in [4.69, 9.17) is 9.56 Å². The zero-order valence-electron chi connectivity index (χ0n) is 13.3. The second kappa shape index (κ2) is 6.72. The average Bonchev–Trinajstić information content (AvgIpc) is 2.98. The summed E-state index contributed by atoms with van der Waals surface area (Å²) >= 11 is 0. The molecule has 0 amide bonds. The number of benzene rings is 2. The van der Waals surface area contributed by atoms with Crippen LogP contribution in [0.2, 0.25) is 0 Å². The number of aromatic nitrogens is 1. The topological polar surface area (TPSA) is 98.2 Å². The van der Waals surface area contributed by atoms with Crippen LogP contribution in [0.3, 0.4) is 0 Å². The Kier molecular flexibility index (Phi) is 4.66. The van der Waals surface area contributed by atoms with Crippen molar-refractivity contribution >= 4 is 21.1 Å². The van der Waals surface area contributed by atoms with Crippen LogP contribution in [-0.4, -0.2) is 13.4 Å². The number of fused-ring (bicyclic) bond motifs is 1. The SMILES string of the molecule is CC[C@H](NCc1nc2ccccc2o1)c1cccc(S(N)(=O)=O)c1. The molecule has 1 aromatic heterocycles. The van der Waals surface area contributed by atoms with E-state index in [0.717, 1.165) is 23.1 Å². The third-order valence-corrected chi connectivity index (χ3v) is 4.75. The van der Waals surface area contributed by atoms with Crippen molar-refractivity contribution in [2.45, 2.75) is 30.8 Å². The Labute approximate surface area is 140 Å². The van der Waals surface area contributed by atoms with E-state index in [0.29, 0.717) is 12.4 Å². The molecular weight excluding hydrogens is 326 g/mol. The van der Waals surface area contributed by atoms with Crippen LogP contribution < -0.4 is 10.5 Å². The van der Waals surface area contributed by atoms with Gasteiger partial charge in [0, 0.05) is 6.04 Å². The van der Waals surface area contributed by atoms with Crippen molar-refractivity contribution in [1.29, 1.82) is 0 Å². The van der Waals surface area contributed by atoms with Crippen LogP contribution in [0.15, 0.2) is 57.8 Å². The number of rotatable bonds is 6. The molecule has 7 heteroatoms. The molecule has 1 heterocycles. The minimum Gasteiger partial charge on any atom is -0.439 e. The molecule has 0 aliphatic carbocycles. The Morgan fingerprint density at radius 1 is 1.21 bits per heavy atom. The maximum Gasteiger partial charge on any atom is 0.238 e. The minimum atomic E-state index is -3.71. The van der Waals surface area contributed by atoms with E-state index in [2.05, 4.69) is 10.3 Å². The van der Waals surface area contributed by atoms with E-state index < -0.39 is 10.0 Å². The molecule has 126 valence electrons. The molecule has 3 aromatic rings. The van der Waals surface area contributed by atoms with Gasteiger partial charge in [0.1, 0.15) is 5.52 Å². The van der Waals surface area contributed by atoms with Gasteiger partial charge in [0.25, 0.3) is 0 Å². The Bertz CT molecular complexity index is 917. The summed E-state index contributed by atoms with van der Waals surface area (Å²) in [6.45, 7) is 2.47. The van der Waals surface area contributed by atoms with Crippen molar-refractivity contribution in [3.05, 3.63) is 60.0 Å². The molecule has 0 aliphatic rings. The zero-order valence-corrected chi connectivity index (χ0v) is 14.1. The van der Waals surface area contributed by atoms with Gasteiger partial charge in [-0.15, -0.1) is 0 Å². The van der Waals surface area contributed by atoms with Gasteiger partial charge in [-0.3, -0.25) is 0 Å². The molecule has 0 bridgehead atoms. The van der Waals surface area contributed by atoms with Crippen LogP contribution in [0.5, 0.6) is 0 Å². The summed E-state index contributed by atoms with van der Waals surface area (Å²) in [5.41, 5.74) is 2.43. The Balaban J connectivity index is 1.77. The number of nitrogens with zero attached hydrogens (tertiary/aromatic N) is 1. The fourth-order valence-electron chi connectivity index (χ4n) is 2.61. The molecule has 24 heavy (non-hydrogen) atoms. The first kappa shape index (κ1) is 16.6. The fraction of sp³-hybridized carbons (Fsp3) is 0.235. The van der Waals surface area contributed by atoms with Gasteiger partial charge >= 0.3 is 0 Å². The molecule has 0 fully saturated rings. The fourth-order valence-corrected chi connectivity index (χ4v) is 3.18. The van der Waals surface area contributed by atoms with Gasteiger partial charge in [0.2, 0.25) is 15.9 Å². The van der Waals surface area contributed by atoms with Gasteiger partial charge in [-0.1, -0.05) is 31.2 Å². The lowest BCUT2D eigenvalue weighted by molar-refractivity contribution is 0.447. The van der Waals surface area contributed by atoms with Crippen molar-refractivity contribution in [3.8, 4) is 0 Å². The highest BCUT2D eigenvalue weighted by molar-refractivity contribution is 7.89. The van der Waals surface area contributed by atoms with Crippen molar-refractivity contribution in [2.24, 2.45) is 5.14 Å². The number of nitrogens with one attached hydrogen (secondary N) is 1. The van der Waals surface area contributed by atoms with Crippen LogP contribution in [0.4, 0.5) is 0 Å². The summed E-state index contributed by atoms with van der Waals surface area (Å²) in [6.07, 6.45) is 0.786. The molecule has 0 saturated heterocycles. The molecule has 3 N–H and O–H groups in total. The first-order valence-electron chi connectivity index (χ1n) is 7.68. The predicted octanol–water partition coefficient (Wildman–Crippen LogP) is 2.72. The number of para-hydroxylation sites is 2. The Morgan fingerprint density at radius 3 is 2.71 bits per heavy atom. The van der Waals surface area contributed by atoms with Gasteiger partial charge in [-0.25, -0.2) is 18.5 Å². The summed E-state index contributed by atoms with van der Waals surface area (Å²) < 4.78 is 28.7. The van der Waals surface area contributed by atoms with Gasteiger partial charge < -0.3 is 9.73 Å². The summed E-state index contributed by atoms with van der Waals surface area (Å²) in [4.78, 5) is 4.54. The van der Waals surface area contributed by atoms with Crippen molar-refractivity contribution in [3.63, 3.8) is 0 Å². The van der Waals surface area contributed by atoms with E-state index in [-0.39, 0.29) is 10.9 Å². The maximum absolute atomic E-state index is 11.5. The quantitative estimate of drug-likeness (QED) is 0.716. The van der Waals surface area contributed by atoms with Crippen molar-refractivity contribution in [2.75, 3.05) is 0 Å². The van der Waals surface area contributed by atoms with Gasteiger partial charge in [0.15, 0.2) is 5.58 Å². The molecule has 0 aliphatic heterocycles. The molecule has 2 aromatic carbocycles. The summed E-state index contributed by atoms with van der Waals surface area (Å²) in [7, 11) is -3.71. The Morgan fingerprint density at radius 2 is 2.00 bits per heavy atom. The minimum absolute atomic E-state index is 0.0262. The average molecular weight is 345 g/mol. The first-order chi connectivity index (χ1) is 11.5. The van der Waals surface area contributed by atoms with Crippen LogP contribution in [0, 0.1) is 0 Å². The lowest BCUT2D eigenvalue weighted by Gasteiger charge is -2.17. The van der Waals surface area contributed by atoms with E-state index in [1.165, 1.54) is 6.07 Å². The maximum atomic E-state index is 11.5. The van der Waals surface area contributed by atoms with E-state index in [9.17, 15) is 8.42 Å². The van der Waals surface area contributed by atoms with E-state index >= 15 is 0 Å². The standard InChI is InChI=1S/C17H19N3O3S/c1-2-14(12-6-5-7-13(10-12)24(18,21)22)19-11-17-20-15-8-3-4-9-16(15)23-17/h3-10,14,19H,2,11H2,1H3,(H2,18,21,22)/t14-/m0/s1. The second-order valence-electron chi connectivity index (χ2n) is 5.53. The number of sulfonamides is 1. The van der Waals surface area contributed by atoms with Gasteiger partial charge in [-0.05, 0) is 36.2 Å². The highest BCUT2D eigenvalue weighted by atomic mass is 32.2. The number of nitrogens with two attached hydrogens (primary N) is 1. The molecule has 6 nitrogen and oxygen atoms in total. The lowest BCUT2D eigenvalue weighted by Crippen LogP contribution is -2.21. The Hall–Kier alpha value is -2.22. The number of hydrogen-bond donors (Lipinski definition) is 2. The normalized spacial score (nSPS) is 13.2. The third kappa shape index (κ3) is 3.64. The number of primary sulfonamides is 1.